The smallest absolute Gasteiger partial charge is 0.344 e. The summed E-state index contributed by atoms with van der Waals surface area (Å²) in [5.41, 5.74) is 0.190. The molecule has 27 heavy (non-hydrogen) atoms. The third-order valence-electron chi connectivity index (χ3n) is 3.21. The standard InChI is InChI=1S/C18H15BrClNO6/c1-25-14-5-3-2-4-12(14)18(24)21-16(22)9-27-17(23)10-26-15-7-6-11(20)8-13(15)19/h2-8H,9-10H2,1H3,(H,21,22,24). The number of amides is 2. The highest BCUT2D eigenvalue weighted by molar-refractivity contribution is 9.10. The number of halogens is 2. The lowest BCUT2D eigenvalue weighted by Gasteiger charge is -2.10. The van der Waals surface area contributed by atoms with Crippen LogP contribution >= 0.6 is 27.5 Å². The number of benzene rings is 2. The van der Waals surface area contributed by atoms with Crippen LogP contribution in [0.1, 0.15) is 10.4 Å². The number of methoxy groups -OCH3 is 1. The molecule has 2 aromatic carbocycles. The van der Waals surface area contributed by atoms with Gasteiger partial charge in [0.05, 0.1) is 17.1 Å². The number of hydrogen-bond donors (Lipinski definition) is 1. The molecule has 0 bridgehead atoms. The summed E-state index contributed by atoms with van der Waals surface area (Å²) >= 11 is 9.06. The second-order valence-electron chi connectivity index (χ2n) is 5.10. The second-order valence-corrected chi connectivity index (χ2v) is 6.39. The Labute approximate surface area is 168 Å². The van der Waals surface area contributed by atoms with E-state index in [-0.39, 0.29) is 5.56 Å². The molecule has 0 atom stereocenters. The maximum absolute atomic E-state index is 12.1. The summed E-state index contributed by atoms with van der Waals surface area (Å²) < 4.78 is 15.7. The molecule has 0 fully saturated rings. The number of nitrogens with one attached hydrogen (secondary N) is 1. The highest BCUT2D eigenvalue weighted by Crippen LogP contribution is 2.27. The van der Waals surface area contributed by atoms with Crippen LogP contribution in [0.2, 0.25) is 5.02 Å². The highest BCUT2D eigenvalue weighted by Gasteiger charge is 2.16. The first-order chi connectivity index (χ1) is 12.9. The molecule has 0 aliphatic rings. The van der Waals surface area contributed by atoms with Gasteiger partial charge in [-0.3, -0.25) is 14.9 Å². The van der Waals surface area contributed by atoms with E-state index < -0.39 is 31.0 Å². The molecule has 0 aliphatic carbocycles. The number of esters is 1. The number of ether oxygens (including phenoxy) is 3. The molecule has 1 N–H and O–H groups in total. The Bertz CT molecular complexity index is 857. The maximum atomic E-state index is 12.1. The molecule has 0 radical (unpaired) electrons. The van der Waals surface area contributed by atoms with Gasteiger partial charge in [0.2, 0.25) is 0 Å². The average Bonchev–Trinajstić information content (AvgIpc) is 2.65. The minimum absolute atomic E-state index is 0.190. The third-order valence-corrected chi connectivity index (χ3v) is 4.06. The summed E-state index contributed by atoms with van der Waals surface area (Å²) in [5, 5.41) is 2.62. The highest BCUT2D eigenvalue weighted by atomic mass is 79.9. The first kappa shape index (κ1) is 20.7. The molecule has 142 valence electrons. The van der Waals surface area contributed by atoms with E-state index in [0.29, 0.717) is 21.0 Å². The zero-order chi connectivity index (χ0) is 19.8. The van der Waals surface area contributed by atoms with Gasteiger partial charge in [0, 0.05) is 5.02 Å². The molecule has 2 rings (SSSR count). The van der Waals surface area contributed by atoms with Gasteiger partial charge in [-0.15, -0.1) is 0 Å². The SMILES string of the molecule is COc1ccccc1C(=O)NC(=O)COC(=O)COc1ccc(Cl)cc1Br. The fraction of sp³-hybridized carbons (Fsp3) is 0.167. The lowest BCUT2D eigenvalue weighted by atomic mass is 10.2. The number of rotatable bonds is 7. The van der Waals surface area contributed by atoms with Gasteiger partial charge in [-0.2, -0.15) is 0 Å². The van der Waals surface area contributed by atoms with Crippen molar-refractivity contribution in [1.29, 1.82) is 0 Å². The van der Waals surface area contributed by atoms with Crippen LogP contribution in [0.4, 0.5) is 0 Å². The Morgan fingerprint density at radius 1 is 1.07 bits per heavy atom. The fourth-order valence-electron chi connectivity index (χ4n) is 1.98. The summed E-state index contributed by atoms with van der Waals surface area (Å²) in [4.78, 5) is 35.5. The van der Waals surface area contributed by atoms with Crippen LogP contribution < -0.4 is 14.8 Å². The molecule has 0 heterocycles. The van der Waals surface area contributed by atoms with Gasteiger partial charge in [0.15, 0.2) is 13.2 Å². The molecular formula is C18H15BrClNO6. The second kappa shape index (κ2) is 9.94. The molecule has 7 nitrogen and oxygen atoms in total. The monoisotopic (exact) mass is 455 g/mol. The van der Waals surface area contributed by atoms with Gasteiger partial charge < -0.3 is 14.2 Å². The Hall–Kier alpha value is -2.58. The van der Waals surface area contributed by atoms with Crippen LogP contribution in [0.3, 0.4) is 0 Å². The number of imide groups is 1. The first-order valence-corrected chi connectivity index (χ1v) is 8.78. The molecule has 2 aromatic rings. The van der Waals surface area contributed by atoms with Crippen LogP contribution in [-0.4, -0.2) is 38.1 Å². The van der Waals surface area contributed by atoms with Crippen molar-refractivity contribution in [3.8, 4) is 11.5 Å². The van der Waals surface area contributed by atoms with Crippen molar-refractivity contribution < 1.29 is 28.6 Å². The molecule has 0 spiro atoms. The average molecular weight is 457 g/mol. The lowest BCUT2D eigenvalue weighted by Crippen LogP contribution is -2.34. The Morgan fingerprint density at radius 2 is 1.81 bits per heavy atom. The van der Waals surface area contributed by atoms with E-state index in [9.17, 15) is 14.4 Å². The molecule has 0 saturated heterocycles. The molecule has 2 amide bonds. The number of carbonyl (C=O) groups is 3. The van der Waals surface area contributed by atoms with Crippen molar-refractivity contribution in [2.24, 2.45) is 0 Å². The normalized spacial score (nSPS) is 10.0. The van der Waals surface area contributed by atoms with Gasteiger partial charge in [0.1, 0.15) is 11.5 Å². The van der Waals surface area contributed by atoms with E-state index in [1.54, 1.807) is 36.4 Å². The summed E-state index contributed by atoms with van der Waals surface area (Å²) in [6.07, 6.45) is 0. The minimum atomic E-state index is -0.771. The van der Waals surface area contributed by atoms with E-state index in [1.807, 2.05) is 0 Å². The van der Waals surface area contributed by atoms with E-state index in [0.717, 1.165) is 0 Å². The Morgan fingerprint density at radius 3 is 2.52 bits per heavy atom. The van der Waals surface area contributed by atoms with Gasteiger partial charge in [0.25, 0.3) is 11.8 Å². The van der Waals surface area contributed by atoms with E-state index in [1.165, 1.54) is 13.2 Å². The minimum Gasteiger partial charge on any atom is -0.496 e. The molecule has 0 unspecified atom stereocenters. The summed E-state index contributed by atoms with van der Waals surface area (Å²) in [6, 6.07) is 11.2. The summed E-state index contributed by atoms with van der Waals surface area (Å²) in [6.45, 7) is -1.03. The van der Waals surface area contributed by atoms with E-state index >= 15 is 0 Å². The topological polar surface area (TPSA) is 90.9 Å². The number of para-hydroxylation sites is 1. The Kier molecular flexibility index (Phi) is 7.63. The molecule has 0 saturated carbocycles. The molecule has 0 aliphatic heterocycles. The lowest BCUT2D eigenvalue weighted by molar-refractivity contribution is -0.150. The third kappa shape index (κ3) is 6.26. The predicted molar refractivity (Wildman–Crippen MR) is 101 cm³/mol. The summed E-state index contributed by atoms with van der Waals surface area (Å²) in [7, 11) is 1.41. The van der Waals surface area contributed by atoms with Crippen molar-refractivity contribution in [2.75, 3.05) is 20.3 Å². The van der Waals surface area contributed by atoms with E-state index in [4.69, 9.17) is 25.8 Å². The quantitative estimate of drug-likeness (QED) is 0.644. The first-order valence-electron chi connectivity index (χ1n) is 7.61. The van der Waals surface area contributed by atoms with Crippen LogP contribution in [-0.2, 0) is 14.3 Å². The molecule has 9 heteroatoms. The van der Waals surface area contributed by atoms with Crippen LogP contribution in [0.5, 0.6) is 11.5 Å². The van der Waals surface area contributed by atoms with Gasteiger partial charge in [-0.1, -0.05) is 23.7 Å². The molecule has 0 aromatic heterocycles. The largest absolute Gasteiger partial charge is 0.496 e. The maximum Gasteiger partial charge on any atom is 0.344 e. The van der Waals surface area contributed by atoms with E-state index in [2.05, 4.69) is 21.2 Å². The van der Waals surface area contributed by atoms with Crippen LogP contribution in [0.15, 0.2) is 46.9 Å². The number of carbonyl (C=O) groups excluding carboxylic acids is 3. The van der Waals surface area contributed by atoms with Crippen LogP contribution in [0, 0.1) is 0 Å². The van der Waals surface area contributed by atoms with Crippen molar-refractivity contribution in [3.05, 3.63) is 57.5 Å². The van der Waals surface area contributed by atoms with Gasteiger partial charge in [-0.25, -0.2) is 4.79 Å². The summed E-state index contributed by atoms with van der Waals surface area (Å²) in [5.74, 6) is -1.48. The predicted octanol–water partition coefficient (Wildman–Crippen LogP) is 2.99. The van der Waals surface area contributed by atoms with Crippen molar-refractivity contribution >= 4 is 45.3 Å². The van der Waals surface area contributed by atoms with Gasteiger partial charge in [-0.05, 0) is 46.3 Å². The Balaban J connectivity index is 1.79. The van der Waals surface area contributed by atoms with Gasteiger partial charge >= 0.3 is 5.97 Å². The van der Waals surface area contributed by atoms with Crippen molar-refractivity contribution in [3.63, 3.8) is 0 Å². The zero-order valence-electron chi connectivity index (χ0n) is 14.2. The van der Waals surface area contributed by atoms with Crippen molar-refractivity contribution in [2.45, 2.75) is 0 Å². The fourth-order valence-corrected chi connectivity index (χ4v) is 2.78. The molecular weight excluding hydrogens is 442 g/mol. The zero-order valence-corrected chi connectivity index (χ0v) is 16.5. The van der Waals surface area contributed by atoms with Crippen molar-refractivity contribution in [1.82, 2.24) is 5.32 Å². The van der Waals surface area contributed by atoms with Crippen LogP contribution in [0.25, 0.3) is 0 Å². The number of hydrogen-bond acceptors (Lipinski definition) is 6.